The number of methoxy groups -OCH3 is 1. The molecule has 0 aromatic heterocycles. The lowest BCUT2D eigenvalue weighted by molar-refractivity contribution is -0.150. The molecule has 2 aliphatic carbocycles. The maximum atomic E-state index is 12.7. The molecular formula is C22H25NO4. The Labute approximate surface area is 160 Å². The predicted molar refractivity (Wildman–Crippen MR) is 100 cm³/mol. The van der Waals surface area contributed by atoms with Crippen molar-refractivity contribution in [2.75, 3.05) is 7.11 Å². The Balaban J connectivity index is 1.93. The lowest BCUT2D eigenvalue weighted by atomic mass is 9.69. The Bertz CT molecular complexity index is 835. The molecule has 0 saturated heterocycles. The molecule has 1 unspecified atom stereocenters. The monoisotopic (exact) mass is 367 g/mol. The van der Waals surface area contributed by atoms with Gasteiger partial charge in [-0.05, 0) is 49.0 Å². The standard InChI is InChI=1S/C22H25NO4/c1-14(24)27-21-8-7-19-18(20(25)9-10-22(19,21)2)12-16(13-23)15-5-4-6-17(11-15)26-3/h4-6,11,16,21H,7-10,12H2,1-3H3/t16?,21-,22-/m0/s1. The molecule has 27 heavy (non-hydrogen) atoms. The van der Waals surface area contributed by atoms with E-state index < -0.39 is 5.92 Å². The number of nitrogens with zero attached hydrogens (tertiary/aromatic N) is 1. The Morgan fingerprint density at radius 1 is 1.41 bits per heavy atom. The first kappa shape index (κ1) is 19.2. The first-order chi connectivity index (χ1) is 12.9. The number of Topliss-reactive ketones (excluding diaryl/α,β-unsaturated/α-hetero) is 1. The first-order valence-electron chi connectivity index (χ1n) is 9.35. The second-order valence-electron chi connectivity index (χ2n) is 7.60. The van der Waals surface area contributed by atoms with Crippen molar-refractivity contribution in [3.63, 3.8) is 0 Å². The van der Waals surface area contributed by atoms with Crippen LogP contribution in [0.4, 0.5) is 0 Å². The van der Waals surface area contributed by atoms with Crippen LogP contribution in [0.2, 0.25) is 0 Å². The van der Waals surface area contributed by atoms with Crippen LogP contribution in [0.25, 0.3) is 0 Å². The molecule has 142 valence electrons. The number of ketones is 1. The molecule has 1 saturated carbocycles. The van der Waals surface area contributed by atoms with Crippen molar-refractivity contribution in [3.05, 3.63) is 41.0 Å². The summed E-state index contributed by atoms with van der Waals surface area (Å²) in [6, 6.07) is 9.78. The average Bonchev–Trinajstić information content (AvgIpc) is 2.97. The molecule has 3 atom stereocenters. The molecule has 0 N–H and O–H groups in total. The van der Waals surface area contributed by atoms with Crippen LogP contribution in [0.5, 0.6) is 5.75 Å². The van der Waals surface area contributed by atoms with Crippen molar-refractivity contribution in [3.8, 4) is 11.8 Å². The molecule has 1 aromatic rings. The SMILES string of the molecule is COc1cccc(C(C#N)CC2=C3CC[C@H](OC(C)=O)[C@@]3(C)CCC2=O)c1. The van der Waals surface area contributed by atoms with Crippen LogP contribution in [-0.4, -0.2) is 25.0 Å². The van der Waals surface area contributed by atoms with E-state index in [1.807, 2.05) is 24.3 Å². The molecule has 1 aromatic carbocycles. The normalized spacial score (nSPS) is 25.6. The van der Waals surface area contributed by atoms with Gasteiger partial charge in [-0.1, -0.05) is 24.6 Å². The van der Waals surface area contributed by atoms with Crippen molar-refractivity contribution in [2.45, 2.75) is 58.0 Å². The third kappa shape index (κ3) is 3.62. The molecule has 5 nitrogen and oxygen atoms in total. The van der Waals surface area contributed by atoms with Gasteiger partial charge in [-0.2, -0.15) is 5.26 Å². The summed E-state index contributed by atoms with van der Waals surface area (Å²) in [5.74, 6) is 0.115. The fourth-order valence-electron chi connectivity index (χ4n) is 4.50. The molecule has 1 fully saturated rings. The minimum absolute atomic E-state index is 0.120. The van der Waals surface area contributed by atoms with Gasteiger partial charge in [0.15, 0.2) is 5.78 Å². The molecule has 0 spiro atoms. The summed E-state index contributed by atoms with van der Waals surface area (Å²) in [5.41, 5.74) is 2.38. The molecule has 0 radical (unpaired) electrons. The van der Waals surface area contributed by atoms with Crippen molar-refractivity contribution >= 4 is 11.8 Å². The zero-order valence-electron chi connectivity index (χ0n) is 16.1. The number of esters is 1. The smallest absolute Gasteiger partial charge is 0.302 e. The van der Waals surface area contributed by atoms with E-state index in [0.29, 0.717) is 25.0 Å². The number of carbonyl (C=O) groups is 2. The van der Waals surface area contributed by atoms with E-state index >= 15 is 0 Å². The molecule has 3 rings (SSSR count). The van der Waals surface area contributed by atoms with Gasteiger partial charge in [0.2, 0.25) is 0 Å². The largest absolute Gasteiger partial charge is 0.497 e. The highest BCUT2D eigenvalue weighted by Gasteiger charge is 2.49. The zero-order valence-corrected chi connectivity index (χ0v) is 16.1. The maximum Gasteiger partial charge on any atom is 0.302 e. The topological polar surface area (TPSA) is 76.4 Å². The lowest BCUT2D eigenvalue weighted by Gasteiger charge is -2.37. The Hall–Kier alpha value is -2.61. The first-order valence-corrected chi connectivity index (χ1v) is 9.35. The minimum atomic E-state index is -0.415. The molecule has 0 heterocycles. The number of ether oxygens (including phenoxy) is 2. The van der Waals surface area contributed by atoms with E-state index in [0.717, 1.165) is 29.6 Å². The van der Waals surface area contributed by atoms with Crippen molar-refractivity contribution in [1.29, 1.82) is 5.26 Å². The summed E-state index contributed by atoms with van der Waals surface area (Å²) in [6.45, 7) is 3.51. The number of hydrogen-bond donors (Lipinski definition) is 0. The van der Waals surface area contributed by atoms with Crippen LogP contribution in [-0.2, 0) is 14.3 Å². The average molecular weight is 367 g/mol. The predicted octanol–water partition coefficient (Wildman–Crippen LogP) is 4.08. The Morgan fingerprint density at radius 3 is 2.85 bits per heavy atom. The van der Waals surface area contributed by atoms with Crippen LogP contribution >= 0.6 is 0 Å². The van der Waals surface area contributed by atoms with Crippen LogP contribution in [0, 0.1) is 16.7 Å². The van der Waals surface area contributed by atoms with E-state index in [4.69, 9.17) is 9.47 Å². The molecular weight excluding hydrogens is 342 g/mol. The van der Waals surface area contributed by atoms with E-state index in [2.05, 4.69) is 13.0 Å². The van der Waals surface area contributed by atoms with Crippen molar-refractivity contribution in [1.82, 2.24) is 0 Å². The fourth-order valence-corrected chi connectivity index (χ4v) is 4.50. The van der Waals surface area contributed by atoms with Gasteiger partial charge in [0.25, 0.3) is 0 Å². The number of hydrogen-bond acceptors (Lipinski definition) is 5. The van der Waals surface area contributed by atoms with Gasteiger partial charge in [0.1, 0.15) is 11.9 Å². The maximum absolute atomic E-state index is 12.7. The summed E-state index contributed by atoms with van der Waals surface area (Å²) < 4.78 is 10.8. The number of benzene rings is 1. The van der Waals surface area contributed by atoms with Gasteiger partial charge in [-0.25, -0.2) is 0 Å². The molecule has 2 aliphatic rings. The third-order valence-corrected chi connectivity index (χ3v) is 6.00. The number of rotatable bonds is 5. The van der Waals surface area contributed by atoms with Gasteiger partial charge >= 0.3 is 5.97 Å². The highest BCUT2D eigenvalue weighted by molar-refractivity contribution is 5.97. The third-order valence-electron chi connectivity index (χ3n) is 6.00. The number of allylic oxidation sites excluding steroid dienone is 1. The van der Waals surface area contributed by atoms with E-state index in [9.17, 15) is 14.9 Å². The Kier molecular flexibility index (Phi) is 5.36. The summed E-state index contributed by atoms with van der Waals surface area (Å²) in [4.78, 5) is 24.2. The highest BCUT2D eigenvalue weighted by Crippen LogP contribution is 2.53. The zero-order chi connectivity index (χ0) is 19.6. The van der Waals surface area contributed by atoms with E-state index in [1.54, 1.807) is 7.11 Å². The van der Waals surface area contributed by atoms with Crippen LogP contribution in [0.3, 0.4) is 0 Å². The van der Waals surface area contributed by atoms with E-state index in [1.165, 1.54) is 6.92 Å². The van der Waals surface area contributed by atoms with Crippen molar-refractivity contribution in [2.24, 2.45) is 5.41 Å². The van der Waals surface area contributed by atoms with Crippen LogP contribution in [0.15, 0.2) is 35.4 Å². The number of carbonyl (C=O) groups excluding carboxylic acids is 2. The van der Waals surface area contributed by atoms with Crippen LogP contribution in [0.1, 0.15) is 57.4 Å². The molecule has 0 aliphatic heterocycles. The highest BCUT2D eigenvalue weighted by atomic mass is 16.5. The van der Waals surface area contributed by atoms with Gasteiger partial charge in [-0.3, -0.25) is 9.59 Å². The van der Waals surface area contributed by atoms with Crippen LogP contribution < -0.4 is 4.74 Å². The Morgan fingerprint density at radius 2 is 2.19 bits per heavy atom. The summed E-state index contributed by atoms with van der Waals surface area (Å²) >= 11 is 0. The van der Waals surface area contributed by atoms with Crippen molar-refractivity contribution < 1.29 is 19.1 Å². The molecule has 5 heteroatoms. The van der Waals surface area contributed by atoms with Gasteiger partial charge < -0.3 is 9.47 Å². The van der Waals surface area contributed by atoms with Gasteiger partial charge in [-0.15, -0.1) is 0 Å². The molecule has 0 bridgehead atoms. The second-order valence-corrected chi connectivity index (χ2v) is 7.60. The quantitative estimate of drug-likeness (QED) is 0.733. The van der Waals surface area contributed by atoms with Gasteiger partial charge in [0, 0.05) is 18.8 Å². The summed E-state index contributed by atoms with van der Waals surface area (Å²) in [7, 11) is 1.59. The summed E-state index contributed by atoms with van der Waals surface area (Å²) in [6.07, 6.45) is 2.80. The van der Waals surface area contributed by atoms with Gasteiger partial charge in [0.05, 0.1) is 19.1 Å². The van der Waals surface area contributed by atoms with E-state index in [-0.39, 0.29) is 23.3 Å². The second kappa shape index (κ2) is 7.56. The minimum Gasteiger partial charge on any atom is -0.497 e. The number of nitriles is 1. The summed E-state index contributed by atoms with van der Waals surface area (Å²) in [5, 5.41) is 9.74. The number of fused-ring (bicyclic) bond motifs is 1. The fraction of sp³-hybridized carbons (Fsp3) is 0.500. The lowest BCUT2D eigenvalue weighted by Crippen LogP contribution is -2.36. The molecule has 0 amide bonds.